The molecule has 0 bridgehead atoms. The summed E-state index contributed by atoms with van der Waals surface area (Å²) in [5.74, 6) is 0. The Morgan fingerprint density at radius 3 is 1.33 bits per heavy atom. The van der Waals surface area contributed by atoms with E-state index in [0.29, 0.717) is 0 Å². The third-order valence-corrected chi connectivity index (χ3v) is 9.66. The highest BCUT2D eigenvalue weighted by Crippen LogP contribution is 2.29. The summed E-state index contributed by atoms with van der Waals surface area (Å²) < 4.78 is 5.60. The predicted molar refractivity (Wildman–Crippen MR) is 67.6 cm³/mol. The molecule has 2 N–H and O–H groups in total. The Labute approximate surface area is 94.6 Å². The van der Waals surface area contributed by atoms with Crippen LogP contribution in [0.4, 0.5) is 0 Å². The van der Waals surface area contributed by atoms with Crippen molar-refractivity contribution in [3.8, 4) is 0 Å². The Kier molecular flexibility index (Phi) is 5.15. The Morgan fingerprint density at radius 1 is 0.933 bits per heavy atom. The molecule has 15 heavy (non-hydrogen) atoms. The topological polar surface area (TPSA) is 49.7 Å². The fraction of sp³-hybridized carbons (Fsp3) is 0.600. The molecule has 0 aliphatic rings. The Morgan fingerprint density at radius 2 is 1.20 bits per heavy atom. The zero-order valence-corrected chi connectivity index (χ0v) is 12.0. The van der Waals surface area contributed by atoms with Crippen LogP contribution in [0.25, 0.3) is 0 Å². The standard InChI is InChI=1S/C10H22O3Si2/c1-7-14(11,9(3)4)13-15(12,8-2)10(5)6/h7-12H,1-2H2,3-6H3. The first-order chi connectivity index (χ1) is 6.72. The molecule has 0 spiro atoms. The van der Waals surface area contributed by atoms with Gasteiger partial charge in [-0.2, -0.15) is 0 Å². The molecule has 0 rings (SSSR count). The largest absolute Gasteiger partial charge is 0.408 e. The molecule has 0 saturated heterocycles. The maximum absolute atomic E-state index is 10.2. The van der Waals surface area contributed by atoms with Crippen LogP contribution in [0, 0.1) is 0 Å². The third kappa shape index (κ3) is 3.39. The van der Waals surface area contributed by atoms with Gasteiger partial charge in [-0.15, -0.1) is 13.2 Å². The number of hydrogen-bond acceptors (Lipinski definition) is 3. The van der Waals surface area contributed by atoms with Crippen molar-refractivity contribution in [1.82, 2.24) is 0 Å². The molecule has 0 aliphatic carbocycles. The van der Waals surface area contributed by atoms with Crippen molar-refractivity contribution < 1.29 is 13.7 Å². The predicted octanol–water partition coefficient (Wildman–Crippen LogP) is 2.14. The second kappa shape index (κ2) is 5.22. The van der Waals surface area contributed by atoms with Crippen LogP contribution in [0.2, 0.25) is 11.1 Å². The van der Waals surface area contributed by atoms with Gasteiger partial charge in [0.25, 0.3) is 0 Å². The Balaban J connectivity index is 4.95. The molecule has 88 valence electrons. The van der Waals surface area contributed by atoms with Crippen LogP contribution >= 0.6 is 0 Å². The average Bonchev–Trinajstić information content (AvgIpc) is 2.16. The first-order valence-corrected chi connectivity index (χ1v) is 9.16. The zero-order valence-electron chi connectivity index (χ0n) is 10.0. The second-order valence-electron chi connectivity index (χ2n) is 4.32. The van der Waals surface area contributed by atoms with E-state index in [-0.39, 0.29) is 11.1 Å². The smallest absolute Gasteiger partial charge is 0.355 e. The maximum atomic E-state index is 10.2. The maximum Gasteiger partial charge on any atom is 0.355 e. The molecule has 0 aromatic heterocycles. The van der Waals surface area contributed by atoms with Crippen molar-refractivity contribution in [2.24, 2.45) is 0 Å². The molecule has 0 fully saturated rings. The molecule has 3 nitrogen and oxygen atoms in total. The van der Waals surface area contributed by atoms with Crippen molar-refractivity contribution in [3.05, 3.63) is 24.6 Å². The van der Waals surface area contributed by atoms with Crippen molar-refractivity contribution in [1.29, 1.82) is 0 Å². The van der Waals surface area contributed by atoms with Gasteiger partial charge in [-0.1, -0.05) is 39.1 Å². The van der Waals surface area contributed by atoms with Gasteiger partial charge < -0.3 is 13.7 Å². The second-order valence-corrected chi connectivity index (χ2v) is 11.3. The number of rotatable bonds is 6. The van der Waals surface area contributed by atoms with Crippen LogP contribution in [0.5, 0.6) is 0 Å². The highest BCUT2D eigenvalue weighted by Gasteiger charge is 2.45. The molecule has 0 saturated carbocycles. The normalized spacial score (nSPS) is 19.7. The summed E-state index contributed by atoms with van der Waals surface area (Å²) in [6.07, 6.45) is 0. The van der Waals surface area contributed by atoms with Crippen molar-refractivity contribution >= 4 is 17.1 Å². The first-order valence-electron chi connectivity index (χ1n) is 5.14. The van der Waals surface area contributed by atoms with Gasteiger partial charge in [0, 0.05) is 11.1 Å². The van der Waals surface area contributed by atoms with Gasteiger partial charge in [0.2, 0.25) is 0 Å². The summed E-state index contributed by atoms with van der Waals surface area (Å²) in [6, 6.07) is 0. The monoisotopic (exact) mass is 246 g/mol. The summed E-state index contributed by atoms with van der Waals surface area (Å²) in [5, 5.41) is 0. The van der Waals surface area contributed by atoms with Crippen molar-refractivity contribution in [2.45, 2.75) is 38.8 Å². The minimum Gasteiger partial charge on any atom is -0.408 e. The molecule has 0 aromatic rings. The molecular weight excluding hydrogens is 224 g/mol. The fourth-order valence-corrected chi connectivity index (χ4v) is 6.64. The van der Waals surface area contributed by atoms with Crippen LogP contribution in [-0.4, -0.2) is 26.7 Å². The minimum atomic E-state index is -3.02. The fourth-order valence-electron chi connectivity index (χ4n) is 1.05. The highest BCUT2D eigenvalue weighted by molar-refractivity contribution is 6.86. The van der Waals surface area contributed by atoms with Gasteiger partial charge in [-0.3, -0.25) is 0 Å². The average molecular weight is 246 g/mol. The van der Waals surface area contributed by atoms with Crippen LogP contribution in [0.1, 0.15) is 27.7 Å². The van der Waals surface area contributed by atoms with E-state index < -0.39 is 17.1 Å². The van der Waals surface area contributed by atoms with E-state index in [0.717, 1.165) is 0 Å². The molecular formula is C10H22O3Si2. The summed E-state index contributed by atoms with van der Waals surface area (Å²) in [6.45, 7) is 14.7. The molecule has 5 heteroatoms. The molecule has 0 aromatic carbocycles. The van der Waals surface area contributed by atoms with E-state index in [1.54, 1.807) is 0 Å². The van der Waals surface area contributed by atoms with Gasteiger partial charge in [0.15, 0.2) is 0 Å². The van der Waals surface area contributed by atoms with Crippen LogP contribution in [0.15, 0.2) is 24.6 Å². The van der Waals surface area contributed by atoms with Gasteiger partial charge >= 0.3 is 17.1 Å². The van der Waals surface area contributed by atoms with E-state index in [4.69, 9.17) is 4.12 Å². The Hall–Kier alpha value is -0.206. The lowest BCUT2D eigenvalue weighted by atomic mass is 10.6. The third-order valence-electron chi connectivity index (χ3n) is 2.57. The highest BCUT2D eigenvalue weighted by atomic mass is 28.5. The van der Waals surface area contributed by atoms with E-state index >= 15 is 0 Å². The summed E-state index contributed by atoms with van der Waals surface area (Å²) in [7, 11) is -6.03. The molecule has 2 unspecified atom stereocenters. The van der Waals surface area contributed by atoms with E-state index in [1.807, 2.05) is 27.7 Å². The van der Waals surface area contributed by atoms with Crippen molar-refractivity contribution in [3.63, 3.8) is 0 Å². The lowest BCUT2D eigenvalue weighted by molar-refractivity contribution is 0.301. The summed E-state index contributed by atoms with van der Waals surface area (Å²) in [5.41, 5.74) is 2.85. The first kappa shape index (κ1) is 14.8. The zero-order chi connectivity index (χ0) is 12.3. The Bertz CT molecular complexity index is 219. The summed E-state index contributed by atoms with van der Waals surface area (Å²) >= 11 is 0. The molecule has 2 atom stereocenters. The number of hydrogen-bond donors (Lipinski definition) is 2. The van der Waals surface area contributed by atoms with Crippen LogP contribution in [0.3, 0.4) is 0 Å². The molecule has 0 heterocycles. The minimum absolute atomic E-state index is 0.0345. The summed E-state index contributed by atoms with van der Waals surface area (Å²) in [4.78, 5) is 20.5. The van der Waals surface area contributed by atoms with Crippen LogP contribution < -0.4 is 0 Å². The lowest BCUT2D eigenvalue weighted by Crippen LogP contribution is -2.53. The van der Waals surface area contributed by atoms with Gasteiger partial charge in [0.05, 0.1) is 0 Å². The van der Waals surface area contributed by atoms with E-state index in [1.165, 1.54) is 11.4 Å². The molecule has 0 amide bonds. The van der Waals surface area contributed by atoms with Gasteiger partial charge in [0.1, 0.15) is 0 Å². The van der Waals surface area contributed by atoms with E-state index in [2.05, 4.69) is 13.2 Å². The van der Waals surface area contributed by atoms with E-state index in [9.17, 15) is 9.59 Å². The van der Waals surface area contributed by atoms with Gasteiger partial charge in [-0.25, -0.2) is 0 Å². The quantitative estimate of drug-likeness (QED) is 0.706. The SMILES string of the molecule is C=C[Si](O)(O[Si](O)(C=C)C(C)C)C(C)C. The molecule has 0 radical (unpaired) electrons. The van der Waals surface area contributed by atoms with Gasteiger partial charge in [-0.05, 0) is 0 Å². The molecule has 0 aliphatic heterocycles. The van der Waals surface area contributed by atoms with Crippen molar-refractivity contribution in [2.75, 3.05) is 0 Å². The lowest BCUT2D eigenvalue weighted by Gasteiger charge is -2.35. The van der Waals surface area contributed by atoms with Crippen LogP contribution in [-0.2, 0) is 4.12 Å².